The van der Waals surface area contributed by atoms with Crippen LogP contribution in [0.4, 0.5) is 0 Å². The fourth-order valence-corrected chi connectivity index (χ4v) is 2.77. The Kier molecular flexibility index (Phi) is 4.32. The highest BCUT2D eigenvalue weighted by molar-refractivity contribution is 5.98. The summed E-state index contributed by atoms with van der Waals surface area (Å²) in [5.74, 6) is -0.723. The Morgan fingerprint density at radius 3 is 2.62 bits per heavy atom. The van der Waals surface area contributed by atoms with Gasteiger partial charge in [0.05, 0.1) is 17.9 Å². The van der Waals surface area contributed by atoms with Crippen molar-refractivity contribution in [3.63, 3.8) is 0 Å². The van der Waals surface area contributed by atoms with Crippen molar-refractivity contribution in [3.05, 3.63) is 17.5 Å². The van der Waals surface area contributed by atoms with Gasteiger partial charge < -0.3 is 15.4 Å². The summed E-state index contributed by atoms with van der Waals surface area (Å²) in [6, 6.07) is -0.451. The molecule has 1 aliphatic heterocycles. The molecule has 1 saturated heterocycles. The summed E-state index contributed by atoms with van der Waals surface area (Å²) in [4.78, 5) is 25.7. The van der Waals surface area contributed by atoms with Crippen LogP contribution in [0, 0.1) is 6.92 Å². The zero-order valence-electron chi connectivity index (χ0n) is 12.9. The summed E-state index contributed by atoms with van der Waals surface area (Å²) < 4.78 is 7.05. The standard InChI is InChI=1S/C14H22N4O3/c1-8(2)18-9(3)11(6-16-18)14(20)17-7-10(21-4)5-12(17)13(15)19/h6,8,10,12H,5,7H2,1-4H3,(H2,15,19)/t10-,12-/m0/s1. The lowest BCUT2D eigenvalue weighted by Gasteiger charge is -2.21. The van der Waals surface area contributed by atoms with Crippen LogP contribution in [0.3, 0.4) is 0 Å². The lowest BCUT2D eigenvalue weighted by atomic mass is 10.1. The number of hydrogen-bond donors (Lipinski definition) is 1. The number of carbonyl (C=O) groups excluding carboxylic acids is 2. The summed E-state index contributed by atoms with van der Waals surface area (Å²) in [7, 11) is 1.57. The molecule has 1 aromatic heterocycles. The molecule has 2 rings (SSSR count). The smallest absolute Gasteiger partial charge is 0.258 e. The zero-order chi connectivity index (χ0) is 15.7. The molecule has 0 aliphatic carbocycles. The van der Waals surface area contributed by atoms with Crippen molar-refractivity contribution in [3.8, 4) is 0 Å². The predicted octanol–water partition coefficient (Wildman–Crippen LogP) is 0.487. The molecule has 1 aromatic rings. The van der Waals surface area contributed by atoms with Gasteiger partial charge in [-0.1, -0.05) is 0 Å². The molecule has 0 unspecified atom stereocenters. The first kappa shape index (κ1) is 15.5. The number of likely N-dealkylation sites (tertiary alicyclic amines) is 1. The van der Waals surface area contributed by atoms with E-state index in [1.54, 1.807) is 18.0 Å². The van der Waals surface area contributed by atoms with Crippen molar-refractivity contribution < 1.29 is 14.3 Å². The summed E-state index contributed by atoms with van der Waals surface area (Å²) in [5.41, 5.74) is 6.70. The molecule has 0 radical (unpaired) electrons. The summed E-state index contributed by atoms with van der Waals surface area (Å²) in [6.07, 6.45) is 1.83. The number of primary amides is 1. The number of methoxy groups -OCH3 is 1. The highest BCUT2D eigenvalue weighted by Crippen LogP contribution is 2.24. The minimum Gasteiger partial charge on any atom is -0.380 e. The molecular formula is C14H22N4O3. The number of rotatable bonds is 4. The van der Waals surface area contributed by atoms with E-state index in [1.165, 1.54) is 4.90 Å². The molecule has 116 valence electrons. The second kappa shape index (κ2) is 5.85. The predicted molar refractivity (Wildman–Crippen MR) is 76.8 cm³/mol. The maximum Gasteiger partial charge on any atom is 0.258 e. The average Bonchev–Trinajstić information content (AvgIpc) is 3.01. The summed E-state index contributed by atoms with van der Waals surface area (Å²) in [5, 5.41) is 4.24. The van der Waals surface area contributed by atoms with Crippen molar-refractivity contribution in [1.29, 1.82) is 0 Å². The highest BCUT2D eigenvalue weighted by Gasteiger charge is 2.39. The maximum absolute atomic E-state index is 12.7. The molecule has 2 N–H and O–H groups in total. The molecule has 7 nitrogen and oxygen atoms in total. The molecule has 7 heteroatoms. The van der Waals surface area contributed by atoms with E-state index in [9.17, 15) is 9.59 Å². The van der Waals surface area contributed by atoms with Crippen LogP contribution < -0.4 is 5.73 Å². The van der Waals surface area contributed by atoms with Crippen LogP contribution >= 0.6 is 0 Å². The van der Waals surface area contributed by atoms with Gasteiger partial charge in [0.25, 0.3) is 5.91 Å². The Bertz CT molecular complexity index is 552. The first-order valence-electron chi connectivity index (χ1n) is 7.04. The van der Waals surface area contributed by atoms with Gasteiger partial charge >= 0.3 is 0 Å². The molecule has 2 atom stereocenters. The number of nitrogens with zero attached hydrogens (tertiary/aromatic N) is 3. The molecule has 1 fully saturated rings. The van der Waals surface area contributed by atoms with E-state index in [0.29, 0.717) is 18.5 Å². The van der Waals surface area contributed by atoms with Gasteiger partial charge in [-0.05, 0) is 20.8 Å². The van der Waals surface area contributed by atoms with Crippen molar-refractivity contribution in [2.75, 3.05) is 13.7 Å². The van der Waals surface area contributed by atoms with Gasteiger partial charge in [-0.2, -0.15) is 5.10 Å². The number of amides is 2. The van der Waals surface area contributed by atoms with Crippen LogP contribution in [0.5, 0.6) is 0 Å². The number of hydrogen-bond acceptors (Lipinski definition) is 4. The fourth-order valence-electron chi connectivity index (χ4n) is 2.77. The molecule has 0 bridgehead atoms. The average molecular weight is 294 g/mol. The fraction of sp³-hybridized carbons (Fsp3) is 0.643. The van der Waals surface area contributed by atoms with Gasteiger partial charge in [0.2, 0.25) is 5.91 Å². The maximum atomic E-state index is 12.7. The lowest BCUT2D eigenvalue weighted by Crippen LogP contribution is -2.43. The third kappa shape index (κ3) is 2.78. The molecule has 0 saturated carbocycles. The van der Waals surface area contributed by atoms with Crippen molar-refractivity contribution in [2.24, 2.45) is 5.73 Å². The quantitative estimate of drug-likeness (QED) is 0.875. The molecule has 21 heavy (non-hydrogen) atoms. The van der Waals surface area contributed by atoms with Crippen LogP contribution in [0.15, 0.2) is 6.20 Å². The number of ether oxygens (including phenoxy) is 1. The van der Waals surface area contributed by atoms with Crippen molar-refractivity contribution in [1.82, 2.24) is 14.7 Å². The van der Waals surface area contributed by atoms with E-state index in [0.717, 1.165) is 5.69 Å². The van der Waals surface area contributed by atoms with Crippen LogP contribution in [-0.4, -0.2) is 52.3 Å². The van der Waals surface area contributed by atoms with Crippen LogP contribution in [0.1, 0.15) is 42.4 Å². The van der Waals surface area contributed by atoms with Crippen molar-refractivity contribution in [2.45, 2.75) is 45.4 Å². The van der Waals surface area contributed by atoms with Crippen LogP contribution in [-0.2, 0) is 9.53 Å². The molecular weight excluding hydrogens is 272 g/mol. The summed E-state index contributed by atoms with van der Waals surface area (Å²) in [6.45, 7) is 6.22. The van der Waals surface area contributed by atoms with Crippen LogP contribution in [0.2, 0.25) is 0 Å². The lowest BCUT2D eigenvalue weighted by molar-refractivity contribution is -0.121. The summed E-state index contributed by atoms with van der Waals surface area (Å²) >= 11 is 0. The van der Waals surface area contributed by atoms with Crippen molar-refractivity contribution >= 4 is 11.8 Å². The Hall–Kier alpha value is -1.89. The Morgan fingerprint density at radius 1 is 1.48 bits per heavy atom. The van der Waals surface area contributed by atoms with Gasteiger partial charge in [0.1, 0.15) is 6.04 Å². The first-order chi connectivity index (χ1) is 9.86. The molecule has 0 spiro atoms. The second-order valence-corrected chi connectivity index (χ2v) is 5.65. The molecule has 2 heterocycles. The third-order valence-corrected chi connectivity index (χ3v) is 3.95. The van der Waals surface area contributed by atoms with Gasteiger partial charge in [0, 0.05) is 31.8 Å². The van der Waals surface area contributed by atoms with E-state index in [2.05, 4.69) is 5.10 Å². The van der Waals surface area contributed by atoms with E-state index >= 15 is 0 Å². The number of aromatic nitrogens is 2. The molecule has 2 amide bonds. The molecule has 0 aromatic carbocycles. The molecule has 1 aliphatic rings. The highest BCUT2D eigenvalue weighted by atomic mass is 16.5. The minimum absolute atomic E-state index is 0.160. The first-order valence-corrected chi connectivity index (χ1v) is 7.04. The monoisotopic (exact) mass is 294 g/mol. The Labute approximate surface area is 124 Å². The second-order valence-electron chi connectivity index (χ2n) is 5.65. The Morgan fingerprint density at radius 2 is 2.14 bits per heavy atom. The van der Waals surface area contributed by atoms with E-state index < -0.39 is 11.9 Å². The minimum atomic E-state index is -0.621. The van der Waals surface area contributed by atoms with Gasteiger partial charge in [-0.25, -0.2) is 0 Å². The topological polar surface area (TPSA) is 90.4 Å². The largest absolute Gasteiger partial charge is 0.380 e. The number of nitrogens with two attached hydrogens (primary N) is 1. The Balaban J connectivity index is 2.28. The third-order valence-electron chi connectivity index (χ3n) is 3.95. The van der Waals surface area contributed by atoms with Crippen LogP contribution in [0.25, 0.3) is 0 Å². The normalized spacial score (nSPS) is 22.0. The van der Waals surface area contributed by atoms with E-state index in [1.807, 2.05) is 20.8 Å². The SMILES string of the molecule is CO[C@H]1C[C@@H](C(N)=O)N(C(=O)c2cnn(C(C)C)c2C)C1. The van der Waals surface area contributed by atoms with Gasteiger partial charge in [-0.3, -0.25) is 14.3 Å². The van der Waals surface area contributed by atoms with E-state index in [4.69, 9.17) is 10.5 Å². The number of carbonyl (C=O) groups is 2. The van der Waals surface area contributed by atoms with Gasteiger partial charge in [-0.15, -0.1) is 0 Å². The zero-order valence-corrected chi connectivity index (χ0v) is 12.9. The van der Waals surface area contributed by atoms with E-state index in [-0.39, 0.29) is 18.1 Å². The van der Waals surface area contributed by atoms with Gasteiger partial charge in [0.15, 0.2) is 0 Å².